The smallest absolute Gasteiger partial charge is 0.244 e. The predicted molar refractivity (Wildman–Crippen MR) is 103 cm³/mol. The Labute approximate surface area is 161 Å². The second-order valence-electron chi connectivity index (χ2n) is 5.26. The first-order chi connectivity index (χ1) is 12.0. The van der Waals surface area contributed by atoms with Crippen LogP contribution >= 0.6 is 34.8 Å². The molecule has 0 heterocycles. The topological polar surface area (TPSA) is 50.7 Å². The molecule has 0 saturated carbocycles. The second-order valence-corrected chi connectivity index (χ2v) is 6.51. The van der Waals surface area contributed by atoms with Gasteiger partial charge in [-0.1, -0.05) is 53.9 Å². The highest BCUT2D eigenvalue weighted by Crippen LogP contribution is 2.33. The number of carbonyl (C=O) groups excluding carboxylic acids is 1. The zero-order chi connectivity index (χ0) is 18.2. The van der Waals surface area contributed by atoms with Crippen molar-refractivity contribution >= 4 is 46.9 Å². The van der Waals surface area contributed by atoms with E-state index in [1.165, 1.54) is 6.21 Å². The minimum atomic E-state index is -0.237. The van der Waals surface area contributed by atoms with Crippen LogP contribution in [-0.4, -0.2) is 18.7 Å². The fourth-order valence-corrected chi connectivity index (χ4v) is 2.74. The van der Waals surface area contributed by atoms with Crippen LogP contribution in [0, 0.1) is 0 Å². The molecule has 0 unspecified atom stereocenters. The van der Waals surface area contributed by atoms with Crippen LogP contribution in [0.5, 0.6) is 5.75 Å². The molecule has 0 atom stereocenters. The monoisotopic (exact) mass is 398 g/mol. The van der Waals surface area contributed by atoms with Crippen molar-refractivity contribution < 1.29 is 9.53 Å². The number of hydrogen-bond acceptors (Lipinski definition) is 3. The highest BCUT2D eigenvalue weighted by molar-refractivity contribution is 6.37. The standard InChI is InChI=1S/C18H17Cl3N2O2/c1-2-7-25-18-15(20)8-13(9-16(18)21)11-22-23-17(24)10-12-3-5-14(19)6-4-12/h3-6,8-9,11H,2,7,10H2,1H3,(H,23,24)/b22-11-. The van der Waals surface area contributed by atoms with Gasteiger partial charge in [-0.15, -0.1) is 0 Å². The molecule has 0 radical (unpaired) electrons. The van der Waals surface area contributed by atoms with Crippen LogP contribution in [0.15, 0.2) is 41.5 Å². The van der Waals surface area contributed by atoms with Gasteiger partial charge < -0.3 is 4.74 Å². The Bertz CT molecular complexity index is 738. The van der Waals surface area contributed by atoms with Gasteiger partial charge in [0.15, 0.2) is 5.75 Å². The van der Waals surface area contributed by atoms with Crippen molar-refractivity contribution in [3.8, 4) is 5.75 Å². The van der Waals surface area contributed by atoms with E-state index in [4.69, 9.17) is 39.5 Å². The largest absolute Gasteiger partial charge is 0.490 e. The number of carbonyl (C=O) groups is 1. The minimum Gasteiger partial charge on any atom is -0.490 e. The summed E-state index contributed by atoms with van der Waals surface area (Å²) in [6, 6.07) is 10.4. The van der Waals surface area contributed by atoms with Gasteiger partial charge in [0.25, 0.3) is 0 Å². The average Bonchev–Trinajstić information content (AvgIpc) is 2.56. The van der Waals surface area contributed by atoms with Crippen LogP contribution in [0.2, 0.25) is 15.1 Å². The van der Waals surface area contributed by atoms with Gasteiger partial charge in [-0.05, 0) is 41.8 Å². The van der Waals surface area contributed by atoms with E-state index in [2.05, 4.69) is 10.5 Å². The Morgan fingerprint density at radius 3 is 2.40 bits per heavy atom. The highest BCUT2D eigenvalue weighted by Gasteiger charge is 2.09. The Morgan fingerprint density at radius 1 is 1.16 bits per heavy atom. The normalized spacial score (nSPS) is 10.9. The lowest BCUT2D eigenvalue weighted by Crippen LogP contribution is -2.19. The molecule has 7 heteroatoms. The number of hydrogen-bond donors (Lipinski definition) is 1. The molecule has 2 rings (SSSR count). The van der Waals surface area contributed by atoms with E-state index in [9.17, 15) is 4.79 Å². The number of rotatable bonds is 7. The molecule has 25 heavy (non-hydrogen) atoms. The summed E-state index contributed by atoms with van der Waals surface area (Å²) >= 11 is 18.1. The molecule has 0 aliphatic heterocycles. The summed E-state index contributed by atoms with van der Waals surface area (Å²) in [6.07, 6.45) is 2.54. The molecule has 0 bridgehead atoms. The van der Waals surface area contributed by atoms with Crippen molar-refractivity contribution in [1.29, 1.82) is 0 Å². The maximum absolute atomic E-state index is 11.9. The summed E-state index contributed by atoms with van der Waals surface area (Å²) in [5.41, 5.74) is 3.97. The van der Waals surface area contributed by atoms with Gasteiger partial charge in [0.2, 0.25) is 5.91 Å². The van der Waals surface area contributed by atoms with E-state index >= 15 is 0 Å². The Hall–Kier alpha value is -1.75. The molecule has 1 amide bonds. The van der Waals surface area contributed by atoms with E-state index in [0.29, 0.717) is 33.0 Å². The maximum Gasteiger partial charge on any atom is 0.244 e. The fourth-order valence-electron chi connectivity index (χ4n) is 2.00. The van der Waals surface area contributed by atoms with E-state index in [-0.39, 0.29) is 12.3 Å². The third-order valence-electron chi connectivity index (χ3n) is 3.15. The van der Waals surface area contributed by atoms with Crippen LogP contribution < -0.4 is 10.2 Å². The van der Waals surface area contributed by atoms with Crippen LogP contribution in [-0.2, 0) is 11.2 Å². The lowest BCUT2D eigenvalue weighted by atomic mass is 10.1. The maximum atomic E-state index is 11.9. The predicted octanol–water partition coefficient (Wildman–Crippen LogP) is 5.13. The van der Waals surface area contributed by atoms with Gasteiger partial charge in [0, 0.05) is 5.02 Å². The SMILES string of the molecule is CCCOc1c(Cl)cc(/C=N\NC(=O)Cc2ccc(Cl)cc2)cc1Cl. The van der Waals surface area contributed by atoms with Gasteiger partial charge in [-0.3, -0.25) is 4.79 Å². The summed E-state index contributed by atoms with van der Waals surface area (Å²) < 4.78 is 5.50. The summed E-state index contributed by atoms with van der Waals surface area (Å²) in [5, 5.41) is 5.34. The first kappa shape index (κ1) is 19.6. The minimum absolute atomic E-state index is 0.208. The summed E-state index contributed by atoms with van der Waals surface area (Å²) in [4.78, 5) is 11.9. The van der Waals surface area contributed by atoms with Gasteiger partial charge in [-0.2, -0.15) is 5.10 Å². The molecule has 4 nitrogen and oxygen atoms in total. The number of halogens is 3. The molecule has 132 valence electrons. The summed E-state index contributed by atoms with van der Waals surface area (Å²) in [7, 11) is 0. The number of nitrogens with one attached hydrogen (secondary N) is 1. The third-order valence-corrected chi connectivity index (χ3v) is 3.97. The first-order valence-corrected chi connectivity index (χ1v) is 8.81. The molecule has 0 aromatic heterocycles. The molecule has 0 saturated heterocycles. The number of benzene rings is 2. The molecule has 2 aromatic carbocycles. The van der Waals surface area contributed by atoms with Crippen LogP contribution in [0.3, 0.4) is 0 Å². The molecule has 0 fully saturated rings. The molecule has 0 aliphatic carbocycles. The van der Waals surface area contributed by atoms with Gasteiger partial charge in [0.1, 0.15) is 0 Å². The van der Waals surface area contributed by atoms with Crippen molar-refractivity contribution in [1.82, 2.24) is 5.43 Å². The van der Waals surface area contributed by atoms with Crippen molar-refractivity contribution in [2.24, 2.45) is 5.10 Å². The lowest BCUT2D eigenvalue weighted by Gasteiger charge is -2.09. The quantitative estimate of drug-likeness (QED) is 0.518. The van der Waals surface area contributed by atoms with E-state index in [1.807, 2.05) is 6.92 Å². The Balaban J connectivity index is 1.95. The molecule has 0 aliphatic rings. The Morgan fingerprint density at radius 2 is 1.80 bits per heavy atom. The van der Waals surface area contributed by atoms with E-state index in [1.54, 1.807) is 36.4 Å². The van der Waals surface area contributed by atoms with Gasteiger partial charge in [0.05, 0.1) is 29.3 Å². The first-order valence-electron chi connectivity index (χ1n) is 7.67. The number of ether oxygens (including phenoxy) is 1. The zero-order valence-electron chi connectivity index (χ0n) is 13.6. The number of hydrazone groups is 1. The highest BCUT2D eigenvalue weighted by atomic mass is 35.5. The average molecular weight is 400 g/mol. The van der Waals surface area contributed by atoms with E-state index in [0.717, 1.165) is 12.0 Å². The molecule has 1 N–H and O–H groups in total. The molecule has 0 spiro atoms. The fraction of sp³-hybridized carbons (Fsp3) is 0.222. The van der Waals surface area contributed by atoms with Crippen LogP contribution in [0.25, 0.3) is 0 Å². The second kappa shape index (κ2) is 9.66. The van der Waals surface area contributed by atoms with E-state index < -0.39 is 0 Å². The molecule has 2 aromatic rings. The summed E-state index contributed by atoms with van der Waals surface area (Å²) in [6.45, 7) is 2.53. The van der Waals surface area contributed by atoms with Crippen molar-refractivity contribution in [3.63, 3.8) is 0 Å². The molecular formula is C18H17Cl3N2O2. The van der Waals surface area contributed by atoms with Crippen LogP contribution in [0.4, 0.5) is 0 Å². The molecular weight excluding hydrogens is 383 g/mol. The number of amides is 1. The zero-order valence-corrected chi connectivity index (χ0v) is 15.8. The lowest BCUT2D eigenvalue weighted by molar-refractivity contribution is -0.120. The number of nitrogens with zero attached hydrogens (tertiary/aromatic N) is 1. The summed E-state index contributed by atoms with van der Waals surface area (Å²) in [5.74, 6) is 0.216. The van der Waals surface area contributed by atoms with Gasteiger partial charge in [-0.25, -0.2) is 5.43 Å². The van der Waals surface area contributed by atoms with Crippen molar-refractivity contribution in [2.45, 2.75) is 19.8 Å². The van der Waals surface area contributed by atoms with Crippen molar-refractivity contribution in [2.75, 3.05) is 6.61 Å². The van der Waals surface area contributed by atoms with Crippen molar-refractivity contribution in [3.05, 3.63) is 62.6 Å². The Kier molecular flexibility index (Phi) is 7.56. The van der Waals surface area contributed by atoms with Crippen LogP contribution in [0.1, 0.15) is 24.5 Å². The van der Waals surface area contributed by atoms with Gasteiger partial charge >= 0.3 is 0 Å². The third kappa shape index (κ3) is 6.24.